The molecule has 0 spiro atoms. The third-order valence-corrected chi connectivity index (χ3v) is 4.24. The van der Waals surface area contributed by atoms with Crippen LogP contribution in [0.1, 0.15) is 33.6 Å². The monoisotopic (exact) mass is 311 g/mol. The number of imide groups is 1. The van der Waals surface area contributed by atoms with E-state index in [0.29, 0.717) is 0 Å². The van der Waals surface area contributed by atoms with Gasteiger partial charge in [-0.05, 0) is 39.5 Å². The maximum atomic E-state index is 12.4. The van der Waals surface area contributed by atoms with E-state index in [2.05, 4.69) is 5.32 Å². The molecule has 1 aliphatic carbocycles. The number of carboxylic acid groups (broad SMARTS) is 1. The molecule has 1 aliphatic heterocycles. The zero-order chi connectivity index (χ0) is 16.7. The van der Waals surface area contributed by atoms with Crippen LogP contribution in [-0.4, -0.2) is 63.4 Å². The highest BCUT2D eigenvalue weighted by Crippen LogP contribution is 2.42. The Hall–Kier alpha value is -2.12. The molecule has 2 rings (SSSR count). The lowest BCUT2D eigenvalue weighted by Gasteiger charge is -2.27. The summed E-state index contributed by atoms with van der Waals surface area (Å²) in [5.41, 5.74) is -0.938. The summed E-state index contributed by atoms with van der Waals surface area (Å²) in [4.78, 5) is 49.5. The fourth-order valence-electron chi connectivity index (χ4n) is 2.73. The molecule has 2 aliphatic rings. The molecule has 2 N–H and O–H groups in total. The number of nitrogens with zero attached hydrogens (tertiary/aromatic N) is 2. The maximum absolute atomic E-state index is 12.4. The van der Waals surface area contributed by atoms with Gasteiger partial charge in [0.15, 0.2) is 0 Å². The van der Waals surface area contributed by atoms with E-state index in [4.69, 9.17) is 5.11 Å². The Morgan fingerprint density at radius 3 is 2.45 bits per heavy atom. The molecule has 1 unspecified atom stereocenters. The summed E-state index contributed by atoms with van der Waals surface area (Å²) >= 11 is 0. The van der Waals surface area contributed by atoms with E-state index in [1.807, 2.05) is 0 Å². The first-order valence-electron chi connectivity index (χ1n) is 7.32. The van der Waals surface area contributed by atoms with Crippen molar-refractivity contribution < 1.29 is 24.3 Å². The highest BCUT2D eigenvalue weighted by atomic mass is 16.4. The summed E-state index contributed by atoms with van der Waals surface area (Å²) < 4.78 is 0. The molecule has 1 atom stereocenters. The minimum Gasteiger partial charge on any atom is -0.480 e. The van der Waals surface area contributed by atoms with Crippen LogP contribution in [-0.2, 0) is 14.4 Å². The van der Waals surface area contributed by atoms with Crippen molar-refractivity contribution in [2.45, 2.75) is 45.2 Å². The van der Waals surface area contributed by atoms with Crippen molar-refractivity contribution in [1.29, 1.82) is 0 Å². The van der Waals surface area contributed by atoms with Crippen LogP contribution in [0, 0.1) is 5.92 Å². The lowest BCUT2D eigenvalue weighted by Crippen LogP contribution is -2.49. The molecule has 0 aromatic heterocycles. The Kier molecular flexibility index (Phi) is 4.12. The van der Waals surface area contributed by atoms with E-state index in [-0.39, 0.29) is 12.0 Å². The molecule has 8 nitrogen and oxygen atoms in total. The van der Waals surface area contributed by atoms with Gasteiger partial charge in [-0.15, -0.1) is 0 Å². The Labute approximate surface area is 128 Å². The number of carbonyl (C=O) groups excluding carboxylic acids is 3. The Morgan fingerprint density at radius 2 is 2.00 bits per heavy atom. The van der Waals surface area contributed by atoms with Gasteiger partial charge in [-0.2, -0.15) is 0 Å². The number of hydrogen-bond acceptors (Lipinski definition) is 4. The number of carbonyl (C=O) groups is 4. The van der Waals surface area contributed by atoms with E-state index in [1.54, 1.807) is 20.8 Å². The standard InChI is InChI=1S/C14H21N3O5/c1-8(2)16(7-11(19)20)10(18)6-17-12(21)14(3,9-4-5-9)15-13(17)22/h8-9H,4-7H2,1-3H3,(H,15,22)(H,19,20). The molecule has 122 valence electrons. The van der Waals surface area contributed by atoms with Gasteiger partial charge in [0.25, 0.3) is 5.91 Å². The van der Waals surface area contributed by atoms with Crippen molar-refractivity contribution in [3.63, 3.8) is 0 Å². The highest BCUT2D eigenvalue weighted by molar-refractivity contribution is 6.09. The molecule has 1 heterocycles. The summed E-state index contributed by atoms with van der Waals surface area (Å²) in [6.07, 6.45) is 1.75. The molecule has 1 saturated heterocycles. The third kappa shape index (κ3) is 2.90. The molecule has 0 aromatic carbocycles. The minimum absolute atomic E-state index is 0.115. The summed E-state index contributed by atoms with van der Waals surface area (Å²) in [5.74, 6) is -1.99. The summed E-state index contributed by atoms with van der Waals surface area (Å²) in [6, 6.07) is -0.925. The molecular formula is C14H21N3O5. The van der Waals surface area contributed by atoms with Crippen LogP contribution >= 0.6 is 0 Å². The van der Waals surface area contributed by atoms with Gasteiger partial charge in [-0.1, -0.05) is 0 Å². The summed E-state index contributed by atoms with van der Waals surface area (Å²) in [7, 11) is 0. The first-order valence-corrected chi connectivity index (χ1v) is 7.32. The highest BCUT2D eigenvalue weighted by Gasteiger charge is 2.56. The second-order valence-electron chi connectivity index (χ2n) is 6.31. The number of aliphatic carboxylic acids is 1. The van der Waals surface area contributed by atoms with E-state index >= 15 is 0 Å². The van der Waals surface area contributed by atoms with Gasteiger partial charge in [0.2, 0.25) is 5.91 Å². The first kappa shape index (κ1) is 16.3. The number of urea groups is 1. The first-order chi connectivity index (χ1) is 10.2. The average molecular weight is 311 g/mol. The smallest absolute Gasteiger partial charge is 0.325 e. The molecule has 1 saturated carbocycles. The van der Waals surface area contributed by atoms with E-state index in [0.717, 1.165) is 22.6 Å². The summed E-state index contributed by atoms with van der Waals surface area (Å²) in [5, 5.41) is 11.5. The van der Waals surface area contributed by atoms with Crippen LogP contribution in [0.5, 0.6) is 0 Å². The van der Waals surface area contributed by atoms with Crippen molar-refractivity contribution in [3.05, 3.63) is 0 Å². The van der Waals surface area contributed by atoms with Crippen molar-refractivity contribution >= 4 is 23.8 Å². The predicted octanol–water partition coefficient (Wildman–Crippen LogP) is 0.0285. The van der Waals surface area contributed by atoms with Crippen molar-refractivity contribution in [3.8, 4) is 0 Å². The molecule has 4 amide bonds. The van der Waals surface area contributed by atoms with Crippen LogP contribution in [0.25, 0.3) is 0 Å². The van der Waals surface area contributed by atoms with Gasteiger partial charge >= 0.3 is 12.0 Å². The molecular weight excluding hydrogens is 290 g/mol. The van der Waals surface area contributed by atoms with E-state index < -0.39 is 42.4 Å². The topological polar surface area (TPSA) is 107 Å². The number of carboxylic acids is 1. The largest absolute Gasteiger partial charge is 0.480 e. The normalized spacial score (nSPS) is 24.6. The molecule has 8 heteroatoms. The lowest BCUT2D eigenvalue weighted by molar-refractivity contribution is -0.147. The SMILES string of the molecule is CC(C)N(CC(=O)O)C(=O)CN1C(=O)NC(C)(C2CC2)C1=O. The van der Waals surface area contributed by atoms with E-state index in [1.165, 1.54) is 0 Å². The van der Waals surface area contributed by atoms with Crippen LogP contribution in [0.2, 0.25) is 0 Å². The van der Waals surface area contributed by atoms with Crippen LogP contribution < -0.4 is 5.32 Å². The van der Waals surface area contributed by atoms with Crippen molar-refractivity contribution in [2.75, 3.05) is 13.1 Å². The van der Waals surface area contributed by atoms with Gasteiger partial charge in [0.05, 0.1) is 0 Å². The Bertz CT molecular complexity index is 529. The molecule has 22 heavy (non-hydrogen) atoms. The fraction of sp³-hybridized carbons (Fsp3) is 0.714. The second-order valence-corrected chi connectivity index (χ2v) is 6.31. The molecule has 0 radical (unpaired) electrons. The maximum Gasteiger partial charge on any atom is 0.325 e. The van der Waals surface area contributed by atoms with Gasteiger partial charge < -0.3 is 15.3 Å². The lowest BCUT2D eigenvalue weighted by atomic mass is 9.96. The van der Waals surface area contributed by atoms with Crippen molar-refractivity contribution in [2.24, 2.45) is 5.92 Å². The number of rotatable bonds is 6. The van der Waals surface area contributed by atoms with Crippen LogP contribution in [0.4, 0.5) is 4.79 Å². The number of amides is 4. The zero-order valence-electron chi connectivity index (χ0n) is 13.0. The summed E-state index contributed by atoms with van der Waals surface area (Å²) in [6.45, 7) is 4.15. The fourth-order valence-corrected chi connectivity index (χ4v) is 2.73. The van der Waals surface area contributed by atoms with Crippen LogP contribution in [0.15, 0.2) is 0 Å². The van der Waals surface area contributed by atoms with Gasteiger partial charge in [-0.3, -0.25) is 19.3 Å². The zero-order valence-corrected chi connectivity index (χ0v) is 13.0. The van der Waals surface area contributed by atoms with E-state index in [9.17, 15) is 19.2 Å². The Morgan fingerprint density at radius 1 is 1.41 bits per heavy atom. The van der Waals surface area contributed by atoms with Crippen molar-refractivity contribution in [1.82, 2.24) is 15.1 Å². The molecule has 2 fully saturated rings. The predicted molar refractivity (Wildman–Crippen MR) is 75.9 cm³/mol. The number of hydrogen-bond donors (Lipinski definition) is 2. The molecule has 0 bridgehead atoms. The average Bonchev–Trinajstić information content (AvgIpc) is 3.21. The minimum atomic E-state index is -1.14. The van der Waals surface area contributed by atoms with Gasteiger partial charge in [0.1, 0.15) is 18.6 Å². The van der Waals surface area contributed by atoms with Gasteiger partial charge in [-0.25, -0.2) is 4.79 Å². The second kappa shape index (κ2) is 5.58. The number of nitrogens with one attached hydrogen (secondary N) is 1. The quantitative estimate of drug-likeness (QED) is 0.673. The Balaban J connectivity index is 2.08. The molecule has 0 aromatic rings. The third-order valence-electron chi connectivity index (χ3n) is 4.24. The van der Waals surface area contributed by atoms with Crippen LogP contribution in [0.3, 0.4) is 0 Å². The van der Waals surface area contributed by atoms with Gasteiger partial charge in [0, 0.05) is 6.04 Å².